The third-order valence-corrected chi connectivity index (χ3v) is 12.4. The molecule has 0 amide bonds. The molecule has 52 heavy (non-hydrogen) atoms. The fourth-order valence-corrected chi connectivity index (χ4v) is 9.63. The number of hydrogen-bond acceptors (Lipinski definition) is 0. The minimum absolute atomic E-state index is 0.00593. The summed E-state index contributed by atoms with van der Waals surface area (Å²) in [5, 5.41) is 2.78. The molecule has 2 aromatic heterocycles. The molecule has 0 N–H and O–H groups in total. The van der Waals surface area contributed by atoms with Crippen molar-refractivity contribution in [3.8, 4) is 33.6 Å². The van der Waals surface area contributed by atoms with E-state index in [9.17, 15) is 0 Å². The lowest BCUT2D eigenvalue weighted by molar-refractivity contribution is -0.903. The first kappa shape index (κ1) is 33.0. The molecule has 0 atom stereocenters. The SMILES string of the molecule is Cc1cc[n+]2c(c1)-c1c(ccc3c1C1(CCCC1)c1c-3ccc3ccccc13)/C=C/Cc1ccc(C(C)(C)C)cc1-c1cc(C(C)(C)C)cc[n+]1C2. The normalized spacial score (nSPS) is 16.6. The second kappa shape index (κ2) is 11.9. The van der Waals surface area contributed by atoms with E-state index in [4.69, 9.17) is 0 Å². The summed E-state index contributed by atoms with van der Waals surface area (Å²) in [6.45, 7) is 16.9. The summed E-state index contributed by atoms with van der Waals surface area (Å²) in [7, 11) is 0. The molecular weight excluding hydrogens is 629 g/mol. The predicted octanol–water partition coefficient (Wildman–Crippen LogP) is 11.6. The summed E-state index contributed by atoms with van der Waals surface area (Å²) in [6, 6.07) is 35.5. The highest BCUT2D eigenvalue weighted by Crippen LogP contribution is 2.61. The average Bonchev–Trinajstić information content (AvgIpc) is 3.71. The fraction of sp³-hybridized carbons (Fsp3) is 0.320. The van der Waals surface area contributed by atoms with Crippen LogP contribution in [0.4, 0.5) is 0 Å². The van der Waals surface area contributed by atoms with Gasteiger partial charge in [0.2, 0.25) is 11.4 Å². The molecule has 4 aromatic carbocycles. The van der Waals surface area contributed by atoms with Gasteiger partial charge in [0, 0.05) is 29.7 Å². The van der Waals surface area contributed by atoms with Crippen LogP contribution in [-0.2, 0) is 29.3 Å². The molecule has 2 heteroatoms. The van der Waals surface area contributed by atoms with E-state index in [0.29, 0.717) is 0 Å². The van der Waals surface area contributed by atoms with Gasteiger partial charge in [-0.05, 0) is 104 Å². The molecule has 0 saturated heterocycles. The van der Waals surface area contributed by atoms with Gasteiger partial charge in [-0.3, -0.25) is 0 Å². The van der Waals surface area contributed by atoms with Crippen molar-refractivity contribution in [2.45, 2.75) is 103 Å². The van der Waals surface area contributed by atoms with Crippen LogP contribution in [0.1, 0.15) is 106 Å². The number of nitrogens with zero attached hydrogens (tertiary/aromatic N) is 2. The fourth-order valence-electron chi connectivity index (χ4n) is 9.63. The number of aryl methyl sites for hydroxylation is 1. The van der Waals surface area contributed by atoms with Crippen molar-refractivity contribution in [2.24, 2.45) is 0 Å². The molecular formula is C50H52N2+2. The molecule has 260 valence electrons. The van der Waals surface area contributed by atoms with E-state index in [-0.39, 0.29) is 16.2 Å². The molecule has 1 fully saturated rings. The third-order valence-electron chi connectivity index (χ3n) is 12.4. The minimum Gasteiger partial charge on any atom is -0.139 e. The Labute approximate surface area is 310 Å². The smallest absolute Gasteiger partial charge is 0.139 e. The number of rotatable bonds is 0. The second-order valence-corrected chi connectivity index (χ2v) is 17.9. The summed E-state index contributed by atoms with van der Waals surface area (Å²) in [4.78, 5) is 0. The zero-order valence-electron chi connectivity index (χ0n) is 32.1. The Morgan fingerprint density at radius 3 is 2.10 bits per heavy atom. The van der Waals surface area contributed by atoms with E-state index < -0.39 is 0 Å². The zero-order chi connectivity index (χ0) is 36.0. The van der Waals surface area contributed by atoms with Crippen molar-refractivity contribution in [3.63, 3.8) is 0 Å². The summed E-state index contributed by atoms with van der Waals surface area (Å²) >= 11 is 0. The van der Waals surface area contributed by atoms with Crippen LogP contribution in [-0.4, -0.2) is 0 Å². The molecule has 0 unspecified atom stereocenters. The van der Waals surface area contributed by atoms with Gasteiger partial charge in [-0.25, -0.2) is 0 Å². The van der Waals surface area contributed by atoms with Crippen LogP contribution in [0.25, 0.3) is 50.5 Å². The largest absolute Gasteiger partial charge is 0.344 e. The second-order valence-electron chi connectivity index (χ2n) is 17.9. The summed E-state index contributed by atoms with van der Waals surface area (Å²) < 4.78 is 5.03. The van der Waals surface area contributed by atoms with Gasteiger partial charge in [-0.2, -0.15) is 0 Å². The highest BCUT2D eigenvalue weighted by molar-refractivity contribution is 6.00. The van der Waals surface area contributed by atoms with E-state index in [1.807, 2.05) is 0 Å². The molecule has 2 aliphatic carbocycles. The van der Waals surface area contributed by atoms with Crippen molar-refractivity contribution in [1.29, 1.82) is 0 Å². The Morgan fingerprint density at radius 1 is 0.615 bits per heavy atom. The Bertz CT molecular complexity index is 2440. The highest BCUT2D eigenvalue weighted by Gasteiger charge is 2.49. The molecule has 1 aliphatic heterocycles. The molecule has 6 aromatic rings. The molecule has 3 aliphatic rings. The van der Waals surface area contributed by atoms with Gasteiger partial charge < -0.3 is 0 Å². The Kier molecular flexibility index (Phi) is 7.53. The molecule has 1 spiro atoms. The molecule has 0 radical (unpaired) electrons. The Morgan fingerprint density at radius 2 is 1.31 bits per heavy atom. The molecule has 0 bridgehead atoms. The summed E-state index contributed by atoms with van der Waals surface area (Å²) in [6.07, 6.45) is 15.4. The lowest BCUT2D eigenvalue weighted by Crippen LogP contribution is -2.54. The number of allylic oxidation sites excluding steroid dienone is 1. The lowest BCUT2D eigenvalue weighted by Gasteiger charge is -2.30. The maximum absolute atomic E-state index is 2.53. The van der Waals surface area contributed by atoms with E-state index >= 15 is 0 Å². The van der Waals surface area contributed by atoms with E-state index in [0.717, 1.165) is 13.1 Å². The lowest BCUT2D eigenvalue weighted by atomic mass is 9.72. The van der Waals surface area contributed by atoms with Crippen molar-refractivity contribution in [3.05, 3.63) is 148 Å². The number of pyridine rings is 2. The van der Waals surface area contributed by atoms with Gasteiger partial charge in [0.25, 0.3) is 0 Å². The van der Waals surface area contributed by atoms with Gasteiger partial charge in [0.05, 0.1) is 11.1 Å². The van der Waals surface area contributed by atoms with Gasteiger partial charge in [0.1, 0.15) is 0 Å². The van der Waals surface area contributed by atoms with Crippen LogP contribution in [0.2, 0.25) is 0 Å². The van der Waals surface area contributed by atoms with E-state index in [1.165, 1.54) is 97.9 Å². The first-order chi connectivity index (χ1) is 24.9. The highest BCUT2D eigenvalue weighted by atomic mass is 15.2. The van der Waals surface area contributed by atoms with Crippen molar-refractivity contribution >= 4 is 16.8 Å². The number of hydrogen-bond donors (Lipinski definition) is 0. The van der Waals surface area contributed by atoms with Gasteiger partial charge in [-0.1, -0.05) is 127 Å². The van der Waals surface area contributed by atoms with E-state index in [2.05, 4.69) is 173 Å². The summed E-state index contributed by atoms with van der Waals surface area (Å²) in [5.74, 6) is 0. The zero-order valence-corrected chi connectivity index (χ0v) is 32.1. The van der Waals surface area contributed by atoms with Crippen molar-refractivity contribution in [1.82, 2.24) is 0 Å². The standard InChI is InChI=1S/C50H52N2/c1-33-23-27-52-32-51-28-24-38(49(5,6)7)31-43(51)42-30-37(48(2,3)4)20-17-35(42)14-12-15-36-19-22-41-40-21-18-34-13-8-9-16-39(34)46(40)50(25-10-11-26-50)47(41)45(36)44(52)29-33/h8-9,12-13,15-24,27-31H,10-11,14,25-26,32H2,1-7H3/q+2/b15-12+. The number of benzene rings is 4. The maximum atomic E-state index is 2.53. The number of fused-ring (bicyclic) bond motifs is 14. The molecule has 9 rings (SSSR count). The average molecular weight is 681 g/mol. The van der Waals surface area contributed by atoms with Crippen LogP contribution in [0, 0.1) is 6.92 Å². The first-order valence-corrected chi connectivity index (χ1v) is 19.5. The summed E-state index contributed by atoms with van der Waals surface area (Å²) in [5.41, 5.74) is 18.1. The van der Waals surface area contributed by atoms with Gasteiger partial charge >= 0.3 is 6.67 Å². The molecule has 2 nitrogen and oxygen atoms in total. The Hall–Kier alpha value is -4.82. The quantitative estimate of drug-likeness (QED) is 0.141. The van der Waals surface area contributed by atoms with Crippen LogP contribution < -0.4 is 9.13 Å². The van der Waals surface area contributed by atoms with Crippen LogP contribution in [0.3, 0.4) is 0 Å². The minimum atomic E-state index is 0.00593. The van der Waals surface area contributed by atoms with Crippen molar-refractivity contribution in [2.75, 3.05) is 0 Å². The maximum Gasteiger partial charge on any atom is 0.344 e. The van der Waals surface area contributed by atoms with Crippen LogP contribution >= 0.6 is 0 Å². The van der Waals surface area contributed by atoms with E-state index in [1.54, 1.807) is 11.1 Å². The molecule has 3 heterocycles. The van der Waals surface area contributed by atoms with Crippen LogP contribution in [0.5, 0.6) is 0 Å². The molecule has 1 saturated carbocycles. The topological polar surface area (TPSA) is 7.76 Å². The van der Waals surface area contributed by atoms with Gasteiger partial charge in [-0.15, -0.1) is 9.13 Å². The predicted molar refractivity (Wildman–Crippen MR) is 217 cm³/mol. The third kappa shape index (κ3) is 5.20. The Balaban J connectivity index is 1.35. The first-order valence-electron chi connectivity index (χ1n) is 19.5. The van der Waals surface area contributed by atoms with Gasteiger partial charge in [0.15, 0.2) is 12.4 Å². The van der Waals surface area contributed by atoms with Crippen LogP contribution in [0.15, 0.2) is 109 Å². The monoisotopic (exact) mass is 680 g/mol. The number of aromatic nitrogens is 2. The van der Waals surface area contributed by atoms with Crippen molar-refractivity contribution < 1.29 is 9.13 Å².